The molecule has 2 heterocycles. The molecule has 0 radical (unpaired) electrons. The first kappa shape index (κ1) is 14.2. The van der Waals surface area contributed by atoms with Crippen molar-refractivity contribution in [1.82, 2.24) is 15.0 Å². The monoisotopic (exact) mass is 368 g/mol. The molecule has 0 aliphatic rings. The summed E-state index contributed by atoms with van der Waals surface area (Å²) in [4.78, 5) is 13.5. The summed E-state index contributed by atoms with van der Waals surface area (Å²) in [6.45, 7) is 4.38. The van der Waals surface area contributed by atoms with Gasteiger partial charge in [0.2, 0.25) is 0 Å². The molecule has 0 atom stereocenters. The minimum atomic E-state index is 0.560. The summed E-state index contributed by atoms with van der Waals surface area (Å²) < 4.78 is 1.09. The second-order valence-corrected chi connectivity index (χ2v) is 5.80. The molecule has 0 spiro atoms. The van der Waals surface area contributed by atoms with Gasteiger partial charge in [0.1, 0.15) is 11.5 Å². The maximum Gasteiger partial charge on any atom is 0.180 e. The number of halogens is 1. The van der Waals surface area contributed by atoms with E-state index in [0.717, 1.165) is 27.2 Å². The Morgan fingerprint density at radius 3 is 2.63 bits per heavy atom. The fourth-order valence-corrected chi connectivity index (χ4v) is 2.52. The molecule has 0 fully saturated rings. The zero-order chi connectivity index (χ0) is 13.8. The van der Waals surface area contributed by atoms with Crippen LogP contribution < -0.4 is 5.32 Å². The van der Waals surface area contributed by atoms with Gasteiger partial charge in [-0.1, -0.05) is 19.9 Å². The van der Waals surface area contributed by atoms with E-state index in [-0.39, 0.29) is 0 Å². The van der Waals surface area contributed by atoms with Gasteiger partial charge in [0.15, 0.2) is 5.82 Å². The molecule has 0 amide bonds. The van der Waals surface area contributed by atoms with Crippen molar-refractivity contribution in [2.45, 2.75) is 20.3 Å². The quantitative estimate of drug-likeness (QED) is 0.841. The highest BCUT2D eigenvalue weighted by Crippen LogP contribution is 2.24. The number of aromatic nitrogens is 3. The van der Waals surface area contributed by atoms with E-state index in [4.69, 9.17) is 0 Å². The lowest BCUT2D eigenvalue weighted by atomic mass is 10.1. The molecule has 2 aromatic heterocycles. The summed E-state index contributed by atoms with van der Waals surface area (Å²) in [7, 11) is 1.88. The Morgan fingerprint density at radius 1 is 1.26 bits per heavy atom. The van der Waals surface area contributed by atoms with E-state index < -0.39 is 0 Å². The van der Waals surface area contributed by atoms with Crippen LogP contribution in [0.1, 0.15) is 19.5 Å². The SMILES string of the molecule is CNc1nc(-c2ccccn2)nc(CC(C)C)c1I. The molecule has 2 aromatic rings. The maximum atomic E-state index is 4.67. The number of rotatable bonds is 4. The third kappa shape index (κ3) is 3.40. The highest BCUT2D eigenvalue weighted by atomic mass is 127. The van der Waals surface area contributed by atoms with Gasteiger partial charge in [-0.15, -0.1) is 0 Å². The molecule has 1 N–H and O–H groups in total. The summed E-state index contributed by atoms with van der Waals surface area (Å²) in [6.07, 6.45) is 2.70. The van der Waals surface area contributed by atoms with Gasteiger partial charge >= 0.3 is 0 Å². The lowest BCUT2D eigenvalue weighted by Crippen LogP contribution is -2.08. The first-order valence-electron chi connectivity index (χ1n) is 6.27. The van der Waals surface area contributed by atoms with E-state index in [2.05, 4.69) is 56.7 Å². The third-order valence-corrected chi connectivity index (χ3v) is 3.79. The Bertz CT molecular complexity index is 555. The lowest BCUT2D eigenvalue weighted by Gasteiger charge is -2.12. The molecule has 0 aliphatic carbocycles. The fraction of sp³-hybridized carbons (Fsp3) is 0.357. The summed E-state index contributed by atoms with van der Waals surface area (Å²) in [6, 6.07) is 5.77. The molecule has 0 saturated carbocycles. The van der Waals surface area contributed by atoms with Crippen molar-refractivity contribution >= 4 is 28.4 Å². The van der Waals surface area contributed by atoms with Crippen LogP contribution in [0.25, 0.3) is 11.5 Å². The van der Waals surface area contributed by atoms with E-state index in [1.165, 1.54) is 0 Å². The van der Waals surface area contributed by atoms with E-state index in [9.17, 15) is 0 Å². The van der Waals surface area contributed by atoms with Crippen LogP contribution in [0.4, 0.5) is 5.82 Å². The standard InChI is InChI=1S/C14H17IN4/c1-9(2)8-11-12(15)14(16-3)19-13(18-11)10-6-4-5-7-17-10/h4-7,9H,8H2,1-3H3,(H,16,18,19). The number of pyridine rings is 1. The zero-order valence-corrected chi connectivity index (χ0v) is 13.5. The molecule has 100 valence electrons. The zero-order valence-electron chi connectivity index (χ0n) is 11.3. The molecule has 0 unspecified atom stereocenters. The third-order valence-electron chi connectivity index (χ3n) is 2.65. The molecular formula is C14H17IN4. The lowest BCUT2D eigenvalue weighted by molar-refractivity contribution is 0.632. The Labute approximate surface area is 127 Å². The van der Waals surface area contributed by atoms with Crippen LogP contribution in [0, 0.1) is 9.49 Å². The van der Waals surface area contributed by atoms with Gasteiger partial charge in [0, 0.05) is 13.2 Å². The Balaban J connectivity index is 2.51. The van der Waals surface area contributed by atoms with Crippen molar-refractivity contribution in [2.75, 3.05) is 12.4 Å². The average Bonchev–Trinajstić information content (AvgIpc) is 2.41. The Morgan fingerprint density at radius 2 is 2.05 bits per heavy atom. The van der Waals surface area contributed by atoms with Crippen LogP contribution in [0.5, 0.6) is 0 Å². The smallest absolute Gasteiger partial charge is 0.180 e. The summed E-state index contributed by atoms with van der Waals surface area (Å²) in [5, 5.41) is 3.13. The molecule has 0 aromatic carbocycles. The van der Waals surface area contributed by atoms with E-state index in [1.54, 1.807) is 6.20 Å². The number of hydrogen-bond donors (Lipinski definition) is 1. The number of nitrogens with zero attached hydrogens (tertiary/aromatic N) is 3. The topological polar surface area (TPSA) is 50.7 Å². The summed E-state index contributed by atoms with van der Waals surface area (Å²) >= 11 is 2.30. The van der Waals surface area contributed by atoms with Crippen molar-refractivity contribution in [3.8, 4) is 11.5 Å². The molecule has 0 aliphatic heterocycles. The van der Waals surface area contributed by atoms with E-state index in [0.29, 0.717) is 11.7 Å². The molecule has 0 bridgehead atoms. The number of nitrogens with one attached hydrogen (secondary N) is 1. The molecule has 5 heteroatoms. The first-order valence-corrected chi connectivity index (χ1v) is 7.35. The highest BCUT2D eigenvalue weighted by molar-refractivity contribution is 14.1. The average molecular weight is 368 g/mol. The van der Waals surface area contributed by atoms with Crippen molar-refractivity contribution in [2.24, 2.45) is 5.92 Å². The Kier molecular flexibility index (Phi) is 4.68. The van der Waals surface area contributed by atoms with Gasteiger partial charge in [0.05, 0.1) is 9.26 Å². The van der Waals surface area contributed by atoms with Crippen LogP contribution in [0.15, 0.2) is 24.4 Å². The van der Waals surface area contributed by atoms with Crippen LogP contribution in [-0.4, -0.2) is 22.0 Å². The van der Waals surface area contributed by atoms with Crippen molar-refractivity contribution < 1.29 is 0 Å². The van der Waals surface area contributed by atoms with E-state index >= 15 is 0 Å². The normalized spacial score (nSPS) is 10.8. The molecule has 0 saturated heterocycles. The predicted octanol–water partition coefficient (Wildman–Crippen LogP) is 3.38. The van der Waals surface area contributed by atoms with Crippen molar-refractivity contribution in [3.05, 3.63) is 33.7 Å². The van der Waals surface area contributed by atoms with Crippen LogP contribution in [0.2, 0.25) is 0 Å². The molecule has 4 nitrogen and oxygen atoms in total. The van der Waals surface area contributed by atoms with Gasteiger partial charge in [-0.25, -0.2) is 9.97 Å². The van der Waals surface area contributed by atoms with Gasteiger partial charge < -0.3 is 5.32 Å². The molecule has 2 rings (SSSR count). The second kappa shape index (κ2) is 6.27. The fourth-order valence-electron chi connectivity index (χ4n) is 1.79. The maximum absolute atomic E-state index is 4.67. The largest absolute Gasteiger partial charge is 0.372 e. The highest BCUT2D eigenvalue weighted by Gasteiger charge is 2.14. The second-order valence-electron chi connectivity index (χ2n) is 4.72. The predicted molar refractivity (Wildman–Crippen MR) is 86.1 cm³/mol. The van der Waals surface area contributed by atoms with Gasteiger partial charge in [-0.2, -0.15) is 0 Å². The number of anilines is 1. The van der Waals surface area contributed by atoms with Gasteiger partial charge in [0.25, 0.3) is 0 Å². The molecule has 19 heavy (non-hydrogen) atoms. The number of hydrogen-bond acceptors (Lipinski definition) is 4. The molecular weight excluding hydrogens is 351 g/mol. The van der Waals surface area contributed by atoms with Crippen LogP contribution in [0.3, 0.4) is 0 Å². The van der Waals surface area contributed by atoms with Crippen LogP contribution >= 0.6 is 22.6 Å². The van der Waals surface area contributed by atoms with E-state index in [1.807, 2.05) is 25.2 Å². The minimum Gasteiger partial charge on any atom is -0.372 e. The Hall–Kier alpha value is -1.24. The summed E-state index contributed by atoms with van der Waals surface area (Å²) in [5.74, 6) is 2.11. The van der Waals surface area contributed by atoms with Gasteiger partial charge in [-0.05, 0) is 47.1 Å². The first-order chi connectivity index (χ1) is 9.11. The minimum absolute atomic E-state index is 0.560. The van der Waals surface area contributed by atoms with Gasteiger partial charge in [-0.3, -0.25) is 4.98 Å². The summed E-state index contributed by atoms with van der Waals surface area (Å²) in [5.41, 5.74) is 1.89. The van der Waals surface area contributed by atoms with Crippen molar-refractivity contribution in [1.29, 1.82) is 0 Å². The van der Waals surface area contributed by atoms with Crippen LogP contribution in [-0.2, 0) is 6.42 Å². The van der Waals surface area contributed by atoms with Crippen molar-refractivity contribution in [3.63, 3.8) is 0 Å².